The highest BCUT2D eigenvalue weighted by Gasteiger charge is 2.30. The number of carbonyl (C=O) groups is 2. The second kappa shape index (κ2) is 8.22. The second-order valence-electron chi connectivity index (χ2n) is 6.41. The molecule has 4 rings (SSSR count). The molecule has 8 heteroatoms. The number of hydrogen-bond acceptors (Lipinski definition) is 5. The van der Waals surface area contributed by atoms with Crippen LogP contribution in [-0.2, 0) is 4.79 Å². The number of amides is 1. The molecule has 30 heavy (non-hydrogen) atoms. The second-order valence-corrected chi connectivity index (χ2v) is 7.82. The van der Waals surface area contributed by atoms with E-state index < -0.39 is 5.97 Å². The van der Waals surface area contributed by atoms with Gasteiger partial charge in [-0.3, -0.25) is 9.69 Å². The Morgan fingerprint density at radius 3 is 2.67 bits per heavy atom. The fourth-order valence-corrected chi connectivity index (χ4v) is 3.99. The Hall–Kier alpha value is -3.29. The van der Waals surface area contributed by atoms with Gasteiger partial charge in [0.05, 0.1) is 21.2 Å². The lowest BCUT2D eigenvalue weighted by atomic mass is 10.1. The van der Waals surface area contributed by atoms with Gasteiger partial charge >= 0.3 is 5.97 Å². The fraction of sp³-hybridized carbons (Fsp3) is 0.0455. The number of furan rings is 1. The van der Waals surface area contributed by atoms with Crippen LogP contribution in [0.3, 0.4) is 0 Å². The van der Waals surface area contributed by atoms with Crippen LogP contribution in [0.25, 0.3) is 17.4 Å². The molecule has 1 fully saturated rings. The zero-order chi connectivity index (χ0) is 21.3. The number of likely N-dealkylation sites (N-methyl/N-ethyl adjacent to an activating group) is 1. The zero-order valence-electron chi connectivity index (χ0n) is 15.7. The monoisotopic (exact) mass is 438 g/mol. The number of benzene rings is 2. The average Bonchev–Trinajstić information content (AvgIpc) is 3.30. The number of carboxylic acid groups (broad SMARTS) is 1. The van der Waals surface area contributed by atoms with Crippen molar-refractivity contribution in [2.45, 2.75) is 0 Å². The quantitative estimate of drug-likeness (QED) is 0.541. The molecule has 0 spiro atoms. The Labute approximate surface area is 181 Å². The zero-order valence-corrected chi connectivity index (χ0v) is 17.3. The molecule has 150 valence electrons. The minimum Gasteiger partial charge on any atom is -0.478 e. The van der Waals surface area contributed by atoms with Crippen molar-refractivity contribution in [3.05, 3.63) is 81.9 Å². The first-order chi connectivity index (χ1) is 14.4. The molecule has 3 aromatic rings. The van der Waals surface area contributed by atoms with Crippen LogP contribution in [0, 0.1) is 0 Å². The van der Waals surface area contributed by atoms with Crippen molar-refractivity contribution in [3.63, 3.8) is 0 Å². The van der Waals surface area contributed by atoms with Crippen molar-refractivity contribution >= 4 is 52.2 Å². The van der Waals surface area contributed by atoms with Gasteiger partial charge in [-0.1, -0.05) is 29.8 Å². The molecular weight excluding hydrogens is 424 g/mol. The number of thioether (sulfide) groups is 1. The Bertz CT molecular complexity index is 1200. The number of carbonyl (C=O) groups excluding carboxylic acids is 1. The SMILES string of the molecule is CN1C(=O)/C(=C\c2ccc(-c3ccc(Cl)c(C(=O)O)c3)o2)SC1=Nc1ccccc1. The number of halogens is 1. The number of amidine groups is 1. The Balaban J connectivity index is 1.60. The predicted molar refractivity (Wildman–Crippen MR) is 118 cm³/mol. The van der Waals surface area contributed by atoms with Crippen molar-refractivity contribution in [1.29, 1.82) is 0 Å². The Kier molecular flexibility index (Phi) is 5.48. The molecule has 0 bridgehead atoms. The summed E-state index contributed by atoms with van der Waals surface area (Å²) in [6.45, 7) is 0. The average molecular weight is 439 g/mol. The number of aliphatic imine (C=N–C) groups is 1. The Morgan fingerprint density at radius 2 is 1.93 bits per heavy atom. The molecule has 0 aliphatic carbocycles. The lowest BCUT2D eigenvalue weighted by Crippen LogP contribution is -2.23. The molecule has 1 aliphatic heterocycles. The number of para-hydroxylation sites is 1. The maximum absolute atomic E-state index is 12.6. The van der Waals surface area contributed by atoms with E-state index in [-0.39, 0.29) is 16.5 Å². The molecule has 1 N–H and O–H groups in total. The van der Waals surface area contributed by atoms with Crippen LogP contribution in [0.4, 0.5) is 5.69 Å². The number of rotatable bonds is 4. The van der Waals surface area contributed by atoms with Crippen LogP contribution in [0.5, 0.6) is 0 Å². The van der Waals surface area contributed by atoms with Crippen molar-refractivity contribution in [2.24, 2.45) is 4.99 Å². The van der Waals surface area contributed by atoms with E-state index in [1.807, 2.05) is 30.3 Å². The van der Waals surface area contributed by atoms with Crippen LogP contribution in [-0.4, -0.2) is 34.1 Å². The Morgan fingerprint density at radius 1 is 1.17 bits per heavy atom. The van der Waals surface area contributed by atoms with E-state index in [0.717, 1.165) is 5.69 Å². The molecule has 0 atom stereocenters. The van der Waals surface area contributed by atoms with Gasteiger partial charge in [0, 0.05) is 18.7 Å². The number of aromatic carboxylic acids is 1. The van der Waals surface area contributed by atoms with Crippen LogP contribution in [0.2, 0.25) is 5.02 Å². The van der Waals surface area contributed by atoms with Crippen molar-refractivity contribution < 1.29 is 19.1 Å². The number of nitrogens with zero attached hydrogens (tertiary/aromatic N) is 2. The summed E-state index contributed by atoms with van der Waals surface area (Å²) >= 11 is 7.18. The first-order valence-corrected chi connectivity index (χ1v) is 10.1. The van der Waals surface area contributed by atoms with Gasteiger partial charge in [-0.2, -0.15) is 0 Å². The van der Waals surface area contributed by atoms with E-state index in [2.05, 4.69) is 4.99 Å². The number of carboxylic acids is 1. The maximum atomic E-state index is 12.6. The van der Waals surface area contributed by atoms with Crippen LogP contribution in [0.15, 0.2) is 75.0 Å². The first-order valence-electron chi connectivity index (χ1n) is 8.87. The normalized spacial score (nSPS) is 16.6. The molecule has 1 saturated heterocycles. The third-order valence-electron chi connectivity index (χ3n) is 4.37. The highest BCUT2D eigenvalue weighted by atomic mass is 35.5. The van der Waals surface area contributed by atoms with Crippen molar-refractivity contribution in [3.8, 4) is 11.3 Å². The summed E-state index contributed by atoms with van der Waals surface area (Å²) in [4.78, 5) is 30.4. The predicted octanol–water partition coefficient (Wildman–Crippen LogP) is 5.53. The first kappa shape index (κ1) is 20.0. The summed E-state index contributed by atoms with van der Waals surface area (Å²) in [6, 6.07) is 17.5. The summed E-state index contributed by atoms with van der Waals surface area (Å²) in [5, 5.41) is 9.97. The summed E-state index contributed by atoms with van der Waals surface area (Å²) in [7, 11) is 1.67. The summed E-state index contributed by atoms with van der Waals surface area (Å²) in [5.74, 6) is -0.339. The topological polar surface area (TPSA) is 83.1 Å². The van der Waals surface area contributed by atoms with Crippen molar-refractivity contribution in [1.82, 2.24) is 4.90 Å². The van der Waals surface area contributed by atoms with Gasteiger partial charge < -0.3 is 9.52 Å². The molecule has 6 nitrogen and oxygen atoms in total. The van der Waals surface area contributed by atoms with E-state index in [4.69, 9.17) is 16.0 Å². The lowest BCUT2D eigenvalue weighted by molar-refractivity contribution is -0.121. The van der Waals surface area contributed by atoms with Gasteiger partial charge in [0.1, 0.15) is 11.5 Å². The summed E-state index contributed by atoms with van der Waals surface area (Å²) in [6.07, 6.45) is 1.65. The van der Waals surface area contributed by atoms with E-state index in [1.54, 1.807) is 31.3 Å². The molecule has 0 unspecified atom stereocenters. The van der Waals surface area contributed by atoms with Gasteiger partial charge in [0.2, 0.25) is 0 Å². The van der Waals surface area contributed by atoms with Gasteiger partial charge in [-0.05, 0) is 54.2 Å². The third kappa shape index (κ3) is 4.03. The fourth-order valence-electron chi connectivity index (χ4n) is 2.82. The molecule has 2 heterocycles. The summed E-state index contributed by atoms with van der Waals surface area (Å²) < 4.78 is 5.81. The van der Waals surface area contributed by atoms with E-state index in [1.165, 1.54) is 28.8 Å². The summed E-state index contributed by atoms with van der Waals surface area (Å²) in [5.41, 5.74) is 1.34. The molecule has 2 aromatic carbocycles. The molecule has 1 aliphatic rings. The molecular formula is C22H15ClN2O4S. The highest BCUT2D eigenvalue weighted by Crippen LogP contribution is 2.34. The highest BCUT2D eigenvalue weighted by molar-refractivity contribution is 8.18. The molecule has 1 amide bonds. The van der Waals surface area contributed by atoms with E-state index in [9.17, 15) is 14.7 Å². The molecule has 0 saturated carbocycles. The minimum atomic E-state index is -1.11. The van der Waals surface area contributed by atoms with Gasteiger partial charge in [-0.15, -0.1) is 0 Å². The van der Waals surface area contributed by atoms with Crippen molar-refractivity contribution in [2.75, 3.05) is 7.05 Å². The lowest BCUT2D eigenvalue weighted by Gasteiger charge is -2.06. The minimum absolute atomic E-state index is 0.00427. The maximum Gasteiger partial charge on any atom is 0.337 e. The van der Waals surface area contributed by atoms with Crippen LogP contribution < -0.4 is 0 Å². The molecule has 1 aromatic heterocycles. The van der Waals surface area contributed by atoms with Gasteiger partial charge in [0.25, 0.3) is 5.91 Å². The van der Waals surface area contributed by atoms with Gasteiger partial charge in [0.15, 0.2) is 5.17 Å². The third-order valence-corrected chi connectivity index (χ3v) is 5.76. The van der Waals surface area contributed by atoms with E-state index >= 15 is 0 Å². The van der Waals surface area contributed by atoms with Crippen LogP contribution >= 0.6 is 23.4 Å². The molecule has 0 radical (unpaired) electrons. The van der Waals surface area contributed by atoms with E-state index in [0.29, 0.717) is 27.2 Å². The van der Waals surface area contributed by atoms with Gasteiger partial charge in [-0.25, -0.2) is 9.79 Å². The number of hydrogen-bond donors (Lipinski definition) is 1. The standard InChI is InChI=1S/C22H15ClN2O4S/c1-25-20(26)19(30-22(25)24-14-5-3-2-4-6-14)12-15-8-10-18(29-15)13-7-9-17(23)16(11-13)21(27)28/h2-12H,1H3,(H,27,28)/b19-12+,24-22?. The largest absolute Gasteiger partial charge is 0.478 e. The smallest absolute Gasteiger partial charge is 0.337 e. The van der Waals surface area contributed by atoms with Crippen LogP contribution in [0.1, 0.15) is 16.1 Å².